The molecule has 0 radical (unpaired) electrons. The number of hydrogen-bond acceptors (Lipinski definition) is 2. The Morgan fingerprint density at radius 3 is 2.58 bits per heavy atom. The van der Waals surface area contributed by atoms with E-state index < -0.39 is 0 Å². The summed E-state index contributed by atoms with van der Waals surface area (Å²) in [4.78, 5) is 4.08. The number of thioether (sulfide) groups is 1. The molecule has 0 saturated carbocycles. The zero-order valence-electron chi connectivity index (χ0n) is 8.29. The van der Waals surface area contributed by atoms with Gasteiger partial charge < -0.3 is 0 Å². The molecule has 1 aliphatic rings. The van der Waals surface area contributed by atoms with Gasteiger partial charge in [0, 0.05) is 10.9 Å². The summed E-state index contributed by atoms with van der Waals surface area (Å²) in [6.45, 7) is 9.14. The molecule has 0 spiro atoms. The lowest BCUT2D eigenvalue weighted by Gasteiger charge is -2.41. The molecule has 1 aliphatic heterocycles. The molecule has 1 atom stereocenters. The van der Waals surface area contributed by atoms with E-state index in [1.807, 2.05) is 23.5 Å². The standard InChI is InChI=1S/C10H17NS/c1-5-9(2,3)10(4)6-7-11-8-12-10/h6-8H,5H2,1-4H3. The minimum absolute atomic E-state index is 0.212. The van der Waals surface area contributed by atoms with Crippen LogP contribution in [0.3, 0.4) is 0 Å². The highest BCUT2D eigenvalue weighted by molar-refractivity contribution is 8.13. The van der Waals surface area contributed by atoms with E-state index in [2.05, 4.69) is 38.8 Å². The van der Waals surface area contributed by atoms with Gasteiger partial charge in [-0.1, -0.05) is 20.8 Å². The van der Waals surface area contributed by atoms with Crippen LogP contribution >= 0.6 is 11.8 Å². The lowest BCUT2D eigenvalue weighted by atomic mass is 9.77. The van der Waals surface area contributed by atoms with E-state index in [1.54, 1.807) is 0 Å². The summed E-state index contributed by atoms with van der Waals surface area (Å²) in [6, 6.07) is 0. The fourth-order valence-electron chi connectivity index (χ4n) is 1.14. The maximum Gasteiger partial charge on any atom is 0.0605 e. The van der Waals surface area contributed by atoms with Crippen molar-refractivity contribution in [3.63, 3.8) is 0 Å². The van der Waals surface area contributed by atoms with Crippen LogP contribution in [0.4, 0.5) is 0 Å². The van der Waals surface area contributed by atoms with Gasteiger partial charge in [0.05, 0.1) is 5.55 Å². The first-order chi connectivity index (χ1) is 5.52. The second-order valence-corrected chi connectivity index (χ2v) is 5.33. The average Bonchev–Trinajstić information content (AvgIpc) is 2.06. The van der Waals surface area contributed by atoms with Crippen molar-refractivity contribution in [1.82, 2.24) is 0 Å². The second kappa shape index (κ2) is 3.25. The Morgan fingerprint density at radius 1 is 1.50 bits per heavy atom. The highest BCUT2D eigenvalue weighted by Crippen LogP contribution is 2.45. The molecule has 0 saturated heterocycles. The molecule has 0 N–H and O–H groups in total. The first-order valence-corrected chi connectivity index (χ1v) is 5.27. The second-order valence-electron chi connectivity index (χ2n) is 4.03. The Morgan fingerprint density at radius 2 is 2.17 bits per heavy atom. The van der Waals surface area contributed by atoms with Crippen molar-refractivity contribution in [1.29, 1.82) is 0 Å². The van der Waals surface area contributed by atoms with Crippen LogP contribution in [-0.2, 0) is 0 Å². The van der Waals surface area contributed by atoms with Gasteiger partial charge in [0.2, 0.25) is 0 Å². The molecule has 0 fully saturated rings. The molecule has 0 bridgehead atoms. The van der Waals surface area contributed by atoms with E-state index >= 15 is 0 Å². The van der Waals surface area contributed by atoms with Gasteiger partial charge in [-0.2, -0.15) is 0 Å². The van der Waals surface area contributed by atoms with E-state index in [0.717, 1.165) is 0 Å². The Labute approximate surface area is 79.3 Å². The van der Waals surface area contributed by atoms with Gasteiger partial charge >= 0.3 is 0 Å². The Bertz CT molecular complexity index is 218. The van der Waals surface area contributed by atoms with E-state index in [-0.39, 0.29) is 4.75 Å². The van der Waals surface area contributed by atoms with Crippen LogP contribution in [0.1, 0.15) is 34.1 Å². The summed E-state index contributed by atoms with van der Waals surface area (Å²) in [6.07, 6.45) is 5.31. The van der Waals surface area contributed by atoms with Crippen molar-refractivity contribution in [3.05, 3.63) is 12.3 Å². The van der Waals surface area contributed by atoms with Crippen molar-refractivity contribution >= 4 is 17.3 Å². The van der Waals surface area contributed by atoms with Gasteiger partial charge in [0.25, 0.3) is 0 Å². The lowest BCUT2D eigenvalue weighted by Crippen LogP contribution is -2.37. The van der Waals surface area contributed by atoms with E-state index in [0.29, 0.717) is 5.41 Å². The molecular weight excluding hydrogens is 166 g/mol. The summed E-state index contributed by atoms with van der Waals surface area (Å²) in [5.41, 5.74) is 2.28. The Balaban J connectivity index is 2.85. The monoisotopic (exact) mass is 183 g/mol. The van der Waals surface area contributed by atoms with Gasteiger partial charge in [-0.05, 0) is 24.8 Å². The van der Waals surface area contributed by atoms with Crippen LogP contribution in [0.15, 0.2) is 17.3 Å². The zero-order chi connectivity index (χ0) is 9.24. The van der Waals surface area contributed by atoms with Crippen molar-refractivity contribution in [2.45, 2.75) is 38.9 Å². The molecule has 0 aromatic rings. The predicted octanol–water partition coefficient (Wildman–Crippen LogP) is 3.47. The molecule has 1 nitrogen and oxygen atoms in total. The maximum absolute atomic E-state index is 4.08. The number of hydrogen-bond donors (Lipinski definition) is 0. The maximum atomic E-state index is 4.08. The third-order valence-corrected chi connectivity index (χ3v) is 4.47. The average molecular weight is 183 g/mol. The third kappa shape index (κ3) is 1.58. The fourth-order valence-corrected chi connectivity index (χ4v) is 2.09. The van der Waals surface area contributed by atoms with Crippen LogP contribution in [0.25, 0.3) is 0 Å². The number of rotatable bonds is 2. The molecule has 2 heteroatoms. The number of nitrogens with zero attached hydrogens (tertiary/aromatic N) is 1. The molecule has 0 amide bonds. The first-order valence-electron chi connectivity index (χ1n) is 4.39. The molecule has 1 heterocycles. The molecule has 68 valence electrons. The molecular formula is C10H17NS. The Hall–Kier alpha value is -0.240. The van der Waals surface area contributed by atoms with Crippen molar-refractivity contribution in [2.24, 2.45) is 10.4 Å². The summed E-state index contributed by atoms with van der Waals surface area (Å²) in [7, 11) is 0. The molecule has 0 aromatic carbocycles. The van der Waals surface area contributed by atoms with Crippen molar-refractivity contribution in [3.8, 4) is 0 Å². The third-order valence-electron chi connectivity index (χ3n) is 3.06. The van der Waals surface area contributed by atoms with Crippen LogP contribution in [0.2, 0.25) is 0 Å². The van der Waals surface area contributed by atoms with Gasteiger partial charge in [-0.25, -0.2) is 0 Å². The highest BCUT2D eigenvalue weighted by Gasteiger charge is 2.38. The van der Waals surface area contributed by atoms with Gasteiger partial charge in [0.15, 0.2) is 0 Å². The topological polar surface area (TPSA) is 12.4 Å². The minimum Gasteiger partial charge on any atom is -0.258 e. The quantitative estimate of drug-likeness (QED) is 0.638. The molecule has 0 aromatic heterocycles. The molecule has 1 rings (SSSR count). The van der Waals surface area contributed by atoms with Gasteiger partial charge in [-0.3, -0.25) is 4.99 Å². The smallest absolute Gasteiger partial charge is 0.0605 e. The van der Waals surface area contributed by atoms with Crippen LogP contribution in [0, 0.1) is 5.41 Å². The van der Waals surface area contributed by atoms with Crippen molar-refractivity contribution in [2.75, 3.05) is 0 Å². The largest absolute Gasteiger partial charge is 0.258 e. The van der Waals surface area contributed by atoms with Gasteiger partial charge in [-0.15, -0.1) is 11.8 Å². The fraction of sp³-hybridized carbons (Fsp3) is 0.700. The Kier molecular flexibility index (Phi) is 2.67. The minimum atomic E-state index is 0.212. The summed E-state index contributed by atoms with van der Waals surface area (Å²) < 4.78 is 0.212. The number of aliphatic imine (C=N–C) groups is 1. The van der Waals surface area contributed by atoms with E-state index in [1.165, 1.54) is 6.42 Å². The zero-order valence-corrected chi connectivity index (χ0v) is 9.11. The van der Waals surface area contributed by atoms with Crippen LogP contribution in [0.5, 0.6) is 0 Å². The summed E-state index contributed by atoms with van der Waals surface area (Å²) in [5, 5.41) is 0. The van der Waals surface area contributed by atoms with Crippen LogP contribution < -0.4 is 0 Å². The van der Waals surface area contributed by atoms with E-state index in [4.69, 9.17) is 0 Å². The molecule has 1 unspecified atom stereocenters. The van der Waals surface area contributed by atoms with Gasteiger partial charge in [0.1, 0.15) is 0 Å². The lowest BCUT2D eigenvalue weighted by molar-refractivity contribution is 0.296. The predicted molar refractivity (Wildman–Crippen MR) is 57.7 cm³/mol. The molecule has 0 aliphatic carbocycles. The normalized spacial score (nSPS) is 29.3. The highest BCUT2D eigenvalue weighted by atomic mass is 32.2. The van der Waals surface area contributed by atoms with Crippen LogP contribution in [-0.4, -0.2) is 10.3 Å². The summed E-state index contributed by atoms with van der Waals surface area (Å²) >= 11 is 1.82. The molecule has 12 heavy (non-hydrogen) atoms. The first kappa shape index (κ1) is 9.85. The SMILES string of the molecule is CCC(C)(C)C1(C)C=CN=CS1. The van der Waals surface area contributed by atoms with Crippen molar-refractivity contribution < 1.29 is 0 Å². The summed E-state index contributed by atoms with van der Waals surface area (Å²) in [5.74, 6) is 0. The van der Waals surface area contributed by atoms with E-state index in [9.17, 15) is 0 Å².